The summed E-state index contributed by atoms with van der Waals surface area (Å²) in [6.07, 6.45) is -0.360. The van der Waals surface area contributed by atoms with Crippen molar-refractivity contribution in [2.24, 2.45) is 11.7 Å². The SMILES string of the molecule is Cc1cc(Br)ccc1OC[C@H](CC(C)C)OC(N)=O. The minimum absolute atomic E-state index is 0.309. The van der Waals surface area contributed by atoms with Crippen molar-refractivity contribution >= 4 is 22.0 Å². The molecular formula is C14H20BrNO3. The summed E-state index contributed by atoms with van der Waals surface area (Å²) in [5.41, 5.74) is 6.09. The van der Waals surface area contributed by atoms with Gasteiger partial charge in [0.05, 0.1) is 0 Å². The van der Waals surface area contributed by atoms with Gasteiger partial charge in [-0.15, -0.1) is 0 Å². The lowest BCUT2D eigenvalue weighted by molar-refractivity contribution is 0.0589. The van der Waals surface area contributed by atoms with E-state index >= 15 is 0 Å². The van der Waals surface area contributed by atoms with E-state index in [4.69, 9.17) is 15.2 Å². The van der Waals surface area contributed by atoms with E-state index in [1.807, 2.05) is 25.1 Å². The number of primary amides is 1. The van der Waals surface area contributed by atoms with Crippen LogP contribution < -0.4 is 10.5 Å². The Bertz CT molecular complexity index is 435. The fraction of sp³-hybridized carbons (Fsp3) is 0.500. The molecule has 5 heteroatoms. The predicted molar refractivity (Wildman–Crippen MR) is 78.3 cm³/mol. The monoisotopic (exact) mass is 329 g/mol. The van der Waals surface area contributed by atoms with Gasteiger partial charge in [0.2, 0.25) is 0 Å². The Labute approximate surface area is 122 Å². The van der Waals surface area contributed by atoms with Gasteiger partial charge in [-0.05, 0) is 43.0 Å². The number of nitrogens with two attached hydrogens (primary N) is 1. The molecule has 0 bridgehead atoms. The number of amides is 1. The van der Waals surface area contributed by atoms with Crippen molar-refractivity contribution in [2.75, 3.05) is 6.61 Å². The second kappa shape index (κ2) is 7.38. The first-order valence-corrected chi connectivity index (χ1v) is 7.02. The van der Waals surface area contributed by atoms with Gasteiger partial charge >= 0.3 is 6.09 Å². The molecule has 0 aliphatic rings. The van der Waals surface area contributed by atoms with Crippen LogP contribution in [0.5, 0.6) is 5.75 Å². The number of carbonyl (C=O) groups is 1. The summed E-state index contributed by atoms with van der Waals surface area (Å²) in [6.45, 7) is 6.39. The Hall–Kier alpha value is -1.23. The average molecular weight is 330 g/mol. The van der Waals surface area contributed by atoms with Crippen LogP contribution in [0.4, 0.5) is 4.79 Å². The highest BCUT2D eigenvalue weighted by molar-refractivity contribution is 9.10. The van der Waals surface area contributed by atoms with Gasteiger partial charge < -0.3 is 15.2 Å². The number of benzene rings is 1. The van der Waals surface area contributed by atoms with Crippen LogP contribution in [0.3, 0.4) is 0 Å². The first kappa shape index (κ1) is 15.8. The third-order valence-electron chi connectivity index (χ3n) is 2.58. The minimum Gasteiger partial charge on any atom is -0.489 e. The zero-order valence-corrected chi connectivity index (χ0v) is 13.1. The van der Waals surface area contributed by atoms with E-state index in [9.17, 15) is 4.79 Å². The molecule has 19 heavy (non-hydrogen) atoms. The van der Waals surface area contributed by atoms with Crippen molar-refractivity contribution < 1.29 is 14.3 Å². The molecule has 4 nitrogen and oxygen atoms in total. The van der Waals surface area contributed by atoms with E-state index in [1.54, 1.807) is 0 Å². The molecule has 0 saturated carbocycles. The van der Waals surface area contributed by atoms with E-state index < -0.39 is 6.09 Å². The van der Waals surface area contributed by atoms with E-state index in [-0.39, 0.29) is 6.10 Å². The molecule has 0 aliphatic carbocycles. The van der Waals surface area contributed by atoms with Gasteiger partial charge in [-0.2, -0.15) is 0 Å². The highest BCUT2D eigenvalue weighted by atomic mass is 79.9. The summed E-state index contributed by atoms with van der Waals surface area (Å²) in [4.78, 5) is 10.9. The summed E-state index contributed by atoms with van der Waals surface area (Å²) < 4.78 is 11.8. The second-order valence-electron chi connectivity index (χ2n) is 4.91. The molecule has 0 radical (unpaired) electrons. The fourth-order valence-corrected chi connectivity index (χ4v) is 2.27. The zero-order valence-electron chi connectivity index (χ0n) is 11.5. The lowest BCUT2D eigenvalue weighted by atomic mass is 10.1. The van der Waals surface area contributed by atoms with Crippen molar-refractivity contribution in [3.8, 4) is 5.75 Å². The smallest absolute Gasteiger partial charge is 0.404 e. The van der Waals surface area contributed by atoms with Crippen molar-refractivity contribution in [1.82, 2.24) is 0 Å². The molecule has 0 heterocycles. The number of hydrogen-bond donors (Lipinski definition) is 1. The third kappa shape index (κ3) is 5.96. The molecule has 106 valence electrons. The maximum absolute atomic E-state index is 10.9. The first-order chi connectivity index (χ1) is 8.88. The quantitative estimate of drug-likeness (QED) is 0.866. The van der Waals surface area contributed by atoms with Crippen LogP contribution in [0, 0.1) is 12.8 Å². The van der Waals surface area contributed by atoms with Crippen molar-refractivity contribution in [2.45, 2.75) is 33.3 Å². The van der Waals surface area contributed by atoms with Gasteiger partial charge in [-0.1, -0.05) is 29.8 Å². The highest BCUT2D eigenvalue weighted by Crippen LogP contribution is 2.23. The van der Waals surface area contributed by atoms with Crippen LogP contribution in [0.2, 0.25) is 0 Å². The topological polar surface area (TPSA) is 61.6 Å². The molecule has 1 aromatic carbocycles. The standard InChI is InChI=1S/C14H20BrNO3/c1-9(2)6-12(19-14(16)17)8-18-13-5-4-11(15)7-10(13)3/h4-5,7,9,12H,6,8H2,1-3H3,(H2,16,17)/t12-/m0/s1. The maximum Gasteiger partial charge on any atom is 0.404 e. The summed E-state index contributed by atoms with van der Waals surface area (Å²) in [5.74, 6) is 1.18. The Morgan fingerprint density at radius 1 is 1.42 bits per heavy atom. The Kier molecular flexibility index (Phi) is 6.15. The summed E-state index contributed by atoms with van der Waals surface area (Å²) in [5, 5.41) is 0. The largest absolute Gasteiger partial charge is 0.489 e. The third-order valence-corrected chi connectivity index (χ3v) is 3.07. The molecule has 1 amide bonds. The van der Waals surface area contributed by atoms with E-state index in [0.717, 1.165) is 22.2 Å². The number of hydrogen-bond acceptors (Lipinski definition) is 3. The summed E-state index contributed by atoms with van der Waals surface area (Å²) in [6, 6.07) is 5.77. The first-order valence-electron chi connectivity index (χ1n) is 6.23. The van der Waals surface area contributed by atoms with Crippen molar-refractivity contribution in [3.05, 3.63) is 28.2 Å². The van der Waals surface area contributed by atoms with Gasteiger partial charge in [-0.3, -0.25) is 0 Å². The van der Waals surface area contributed by atoms with Crippen LogP contribution in [0.15, 0.2) is 22.7 Å². The van der Waals surface area contributed by atoms with Crippen molar-refractivity contribution in [1.29, 1.82) is 0 Å². The molecule has 0 unspecified atom stereocenters. The van der Waals surface area contributed by atoms with Crippen molar-refractivity contribution in [3.63, 3.8) is 0 Å². The number of halogens is 1. The Balaban J connectivity index is 2.61. The van der Waals surface area contributed by atoms with Crippen LogP contribution >= 0.6 is 15.9 Å². The molecule has 1 atom stereocenters. The molecule has 1 aromatic rings. The zero-order chi connectivity index (χ0) is 14.4. The fourth-order valence-electron chi connectivity index (χ4n) is 1.80. The van der Waals surface area contributed by atoms with Gasteiger partial charge in [0.1, 0.15) is 18.5 Å². The summed E-state index contributed by atoms with van der Waals surface area (Å²) in [7, 11) is 0. The van der Waals surface area contributed by atoms with Crippen LogP contribution in [0.25, 0.3) is 0 Å². The Morgan fingerprint density at radius 3 is 2.63 bits per heavy atom. The lowest BCUT2D eigenvalue weighted by Gasteiger charge is -2.19. The minimum atomic E-state index is -0.762. The molecule has 1 rings (SSSR count). The number of ether oxygens (including phenoxy) is 2. The lowest BCUT2D eigenvalue weighted by Crippen LogP contribution is -2.29. The second-order valence-corrected chi connectivity index (χ2v) is 5.82. The molecule has 0 fully saturated rings. The normalized spacial score (nSPS) is 12.3. The highest BCUT2D eigenvalue weighted by Gasteiger charge is 2.16. The van der Waals surface area contributed by atoms with Crippen LogP contribution in [-0.2, 0) is 4.74 Å². The molecule has 0 aliphatic heterocycles. The molecule has 0 saturated heterocycles. The Morgan fingerprint density at radius 2 is 2.11 bits per heavy atom. The van der Waals surface area contributed by atoms with E-state index in [0.29, 0.717) is 12.5 Å². The average Bonchev–Trinajstić information content (AvgIpc) is 2.25. The van der Waals surface area contributed by atoms with Gasteiger partial charge in [0.15, 0.2) is 0 Å². The number of carbonyl (C=O) groups excluding carboxylic acids is 1. The summed E-state index contributed by atoms with van der Waals surface area (Å²) >= 11 is 3.40. The molecule has 0 aromatic heterocycles. The van der Waals surface area contributed by atoms with Gasteiger partial charge in [0, 0.05) is 4.47 Å². The van der Waals surface area contributed by atoms with E-state index in [2.05, 4.69) is 29.8 Å². The van der Waals surface area contributed by atoms with Crippen LogP contribution in [-0.4, -0.2) is 18.8 Å². The van der Waals surface area contributed by atoms with E-state index in [1.165, 1.54) is 0 Å². The van der Waals surface area contributed by atoms with Crippen LogP contribution in [0.1, 0.15) is 25.8 Å². The molecule has 0 spiro atoms. The van der Waals surface area contributed by atoms with Gasteiger partial charge in [-0.25, -0.2) is 4.79 Å². The predicted octanol–water partition coefficient (Wildman–Crippen LogP) is 3.65. The number of aryl methyl sites for hydroxylation is 1. The van der Waals surface area contributed by atoms with Gasteiger partial charge in [0.25, 0.3) is 0 Å². The molecule has 2 N–H and O–H groups in total. The molecular weight excluding hydrogens is 310 g/mol. The number of rotatable bonds is 6. The maximum atomic E-state index is 10.9.